The lowest BCUT2D eigenvalue weighted by Crippen LogP contribution is -2.11. The third-order valence-corrected chi connectivity index (χ3v) is 3.77. The predicted molar refractivity (Wildman–Crippen MR) is 76.9 cm³/mol. The predicted octanol–water partition coefficient (Wildman–Crippen LogP) is 2.83. The average Bonchev–Trinajstić information content (AvgIpc) is 3.14. The summed E-state index contributed by atoms with van der Waals surface area (Å²) >= 11 is 7.51. The number of amides is 1. The van der Waals surface area contributed by atoms with Crippen LogP contribution in [0.25, 0.3) is 11.4 Å². The number of rotatable bonds is 3. The molecule has 0 saturated carbocycles. The van der Waals surface area contributed by atoms with E-state index in [2.05, 4.69) is 25.9 Å². The maximum absolute atomic E-state index is 12.1. The molecule has 100 valence electrons. The number of hydrogen-bond donors (Lipinski definition) is 2. The first-order valence-corrected chi connectivity index (χ1v) is 6.88. The highest BCUT2D eigenvalue weighted by Gasteiger charge is 2.16. The molecule has 0 spiro atoms. The molecular weight excluding hydrogens is 298 g/mol. The zero-order valence-corrected chi connectivity index (χ0v) is 11.6. The van der Waals surface area contributed by atoms with E-state index in [1.165, 1.54) is 11.3 Å². The number of H-pyrrole nitrogens is 1. The fraction of sp³-hybridized carbons (Fsp3) is 0. The first kappa shape index (κ1) is 12.8. The molecule has 0 aliphatic heterocycles. The molecular formula is C12H8ClN5OS. The SMILES string of the molecule is O=C(Nc1c(Cl)cccc1-c1nn[nH]n1)c1cccs1. The first-order chi connectivity index (χ1) is 9.75. The second kappa shape index (κ2) is 5.40. The van der Waals surface area contributed by atoms with Crippen molar-refractivity contribution in [1.82, 2.24) is 20.6 Å². The number of nitrogens with one attached hydrogen (secondary N) is 2. The summed E-state index contributed by atoms with van der Waals surface area (Å²) in [6, 6.07) is 8.77. The van der Waals surface area contributed by atoms with Crippen molar-refractivity contribution >= 4 is 34.5 Å². The van der Waals surface area contributed by atoms with Crippen molar-refractivity contribution in [3.05, 3.63) is 45.6 Å². The van der Waals surface area contributed by atoms with Gasteiger partial charge in [0.2, 0.25) is 5.82 Å². The molecule has 0 fully saturated rings. The lowest BCUT2D eigenvalue weighted by Gasteiger charge is -2.09. The average molecular weight is 306 g/mol. The van der Waals surface area contributed by atoms with Crippen LogP contribution < -0.4 is 5.32 Å². The normalized spacial score (nSPS) is 10.4. The largest absolute Gasteiger partial charge is 0.319 e. The van der Waals surface area contributed by atoms with Crippen LogP contribution in [0.4, 0.5) is 5.69 Å². The summed E-state index contributed by atoms with van der Waals surface area (Å²) in [5.41, 5.74) is 1.07. The zero-order chi connectivity index (χ0) is 13.9. The third kappa shape index (κ3) is 2.40. The van der Waals surface area contributed by atoms with E-state index in [0.29, 0.717) is 27.0 Å². The quantitative estimate of drug-likeness (QED) is 0.779. The molecule has 0 unspecified atom stereocenters. The van der Waals surface area contributed by atoms with Gasteiger partial charge in [0, 0.05) is 5.56 Å². The highest BCUT2D eigenvalue weighted by molar-refractivity contribution is 7.12. The van der Waals surface area contributed by atoms with Gasteiger partial charge in [-0.05, 0) is 28.8 Å². The molecule has 3 aromatic rings. The Labute approximate surface area is 122 Å². The van der Waals surface area contributed by atoms with Crippen molar-refractivity contribution in [2.75, 3.05) is 5.32 Å². The van der Waals surface area contributed by atoms with Crippen LogP contribution in [-0.4, -0.2) is 26.5 Å². The molecule has 2 heterocycles. The van der Waals surface area contributed by atoms with Crippen molar-refractivity contribution in [1.29, 1.82) is 0 Å². The van der Waals surface area contributed by atoms with Crippen molar-refractivity contribution < 1.29 is 4.79 Å². The van der Waals surface area contributed by atoms with Gasteiger partial charge in [0.1, 0.15) is 0 Å². The molecule has 2 N–H and O–H groups in total. The van der Waals surface area contributed by atoms with Gasteiger partial charge in [-0.15, -0.1) is 21.5 Å². The number of para-hydroxylation sites is 1. The molecule has 0 aliphatic rings. The maximum Gasteiger partial charge on any atom is 0.265 e. The molecule has 8 heteroatoms. The summed E-state index contributed by atoms with van der Waals surface area (Å²) in [5, 5.41) is 18.7. The molecule has 1 amide bonds. The van der Waals surface area contributed by atoms with E-state index in [-0.39, 0.29) is 5.91 Å². The summed E-state index contributed by atoms with van der Waals surface area (Å²) in [7, 11) is 0. The number of hydrogen-bond acceptors (Lipinski definition) is 5. The van der Waals surface area contributed by atoms with Gasteiger partial charge in [-0.3, -0.25) is 4.79 Å². The highest BCUT2D eigenvalue weighted by atomic mass is 35.5. The molecule has 0 aliphatic carbocycles. The molecule has 20 heavy (non-hydrogen) atoms. The van der Waals surface area contributed by atoms with Crippen molar-refractivity contribution in [2.24, 2.45) is 0 Å². The van der Waals surface area contributed by atoms with Crippen LogP contribution in [0.15, 0.2) is 35.7 Å². The number of benzene rings is 1. The highest BCUT2D eigenvalue weighted by Crippen LogP contribution is 2.32. The topological polar surface area (TPSA) is 83.6 Å². The minimum atomic E-state index is -0.224. The fourth-order valence-electron chi connectivity index (χ4n) is 1.70. The Hall–Kier alpha value is -2.25. The third-order valence-electron chi connectivity index (χ3n) is 2.58. The van der Waals surface area contributed by atoms with Crippen LogP contribution in [0.1, 0.15) is 9.67 Å². The molecule has 0 bridgehead atoms. The number of halogens is 1. The standard InChI is InChI=1S/C12H8ClN5OS/c13-8-4-1-3-7(11-15-17-18-16-11)10(8)14-12(19)9-5-2-6-20-9/h1-6H,(H,14,19)(H,15,16,17,18). The molecule has 6 nitrogen and oxygen atoms in total. The molecule has 0 saturated heterocycles. The van der Waals surface area contributed by atoms with Crippen LogP contribution in [0.3, 0.4) is 0 Å². The number of nitrogens with zero attached hydrogens (tertiary/aromatic N) is 3. The number of aromatic amines is 1. The van der Waals surface area contributed by atoms with Gasteiger partial charge in [-0.2, -0.15) is 5.21 Å². The van der Waals surface area contributed by atoms with E-state index in [4.69, 9.17) is 11.6 Å². The zero-order valence-electron chi connectivity index (χ0n) is 10.0. The van der Waals surface area contributed by atoms with Crippen LogP contribution in [0, 0.1) is 0 Å². The number of carbonyl (C=O) groups excluding carboxylic acids is 1. The molecule has 0 radical (unpaired) electrons. The van der Waals surface area contributed by atoms with Crippen LogP contribution in [-0.2, 0) is 0 Å². The number of thiophene rings is 1. The van der Waals surface area contributed by atoms with Gasteiger partial charge in [0.25, 0.3) is 5.91 Å². The van der Waals surface area contributed by atoms with Crippen molar-refractivity contribution in [3.63, 3.8) is 0 Å². The van der Waals surface area contributed by atoms with Gasteiger partial charge in [-0.1, -0.05) is 23.7 Å². The van der Waals surface area contributed by atoms with Crippen molar-refractivity contribution in [3.8, 4) is 11.4 Å². The van der Waals surface area contributed by atoms with E-state index in [1.54, 1.807) is 24.3 Å². The summed E-state index contributed by atoms with van der Waals surface area (Å²) in [6.07, 6.45) is 0. The van der Waals surface area contributed by atoms with Crippen LogP contribution >= 0.6 is 22.9 Å². The lowest BCUT2D eigenvalue weighted by atomic mass is 10.1. The summed E-state index contributed by atoms with van der Waals surface area (Å²) in [5.74, 6) is 0.145. The van der Waals surface area contributed by atoms with Crippen molar-refractivity contribution in [2.45, 2.75) is 0 Å². The second-order valence-electron chi connectivity index (χ2n) is 3.83. The molecule has 2 aromatic heterocycles. The van der Waals surface area contributed by atoms with Gasteiger partial charge in [0.05, 0.1) is 15.6 Å². The Balaban J connectivity index is 1.99. The van der Waals surface area contributed by atoms with Crippen LogP contribution in [0.5, 0.6) is 0 Å². The van der Waals surface area contributed by atoms with Gasteiger partial charge < -0.3 is 5.32 Å². The Morgan fingerprint density at radius 2 is 2.20 bits per heavy atom. The first-order valence-electron chi connectivity index (χ1n) is 5.63. The smallest absolute Gasteiger partial charge is 0.265 e. The molecule has 3 rings (SSSR count). The second-order valence-corrected chi connectivity index (χ2v) is 5.18. The van der Waals surface area contributed by atoms with Gasteiger partial charge in [0.15, 0.2) is 0 Å². The van der Waals surface area contributed by atoms with E-state index in [9.17, 15) is 4.79 Å². The summed E-state index contributed by atoms with van der Waals surface area (Å²) < 4.78 is 0. The number of carbonyl (C=O) groups is 1. The number of aromatic nitrogens is 4. The fourth-order valence-corrected chi connectivity index (χ4v) is 2.54. The van der Waals surface area contributed by atoms with E-state index >= 15 is 0 Å². The Kier molecular flexibility index (Phi) is 3.44. The van der Waals surface area contributed by atoms with E-state index < -0.39 is 0 Å². The van der Waals surface area contributed by atoms with Crippen LogP contribution in [0.2, 0.25) is 5.02 Å². The lowest BCUT2D eigenvalue weighted by molar-refractivity contribution is 0.103. The number of tetrazole rings is 1. The monoisotopic (exact) mass is 305 g/mol. The van der Waals surface area contributed by atoms with Gasteiger partial charge >= 0.3 is 0 Å². The minimum absolute atomic E-state index is 0.224. The summed E-state index contributed by atoms with van der Waals surface area (Å²) in [4.78, 5) is 12.7. The minimum Gasteiger partial charge on any atom is -0.319 e. The number of anilines is 1. The Morgan fingerprint density at radius 1 is 1.30 bits per heavy atom. The molecule has 1 aromatic carbocycles. The van der Waals surface area contributed by atoms with Gasteiger partial charge in [-0.25, -0.2) is 0 Å². The van der Waals surface area contributed by atoms with E-state index in [0.717, 1.165) is 0 Å². The summed E-state index contributed by atoms with van der Waals surface area (Å²) in [6.45, 7) is 0. The van der Waals surface area contributed by atoms with E-state index in [1.807, 2.05) is 11.4 Å². The Morgan fingerprint density at radius 3 is 2.90 bits per heavy atom. The Bertz CT molecular complexity index is 726. The molecule has 0 atom stereocenters. The maximum atomic E-state index is 12.1.